The van der Waals surface area contributed by atoms with Gasteiger partial charge in [-0.1, -0.05) is 110 Å². The number of hydrogen-bond donors (Lipinski definition) is 1. The van der Waals surface area contributed by atoms with E-state index in [0.717, 1.165) is 29.7 Å². The largest absolute Gasteiger partial charge is 0.356 e. The highest BCUT2D eigenvalue weighted by atomic mass is 16.1. The van der Waals surface area contributed by atoms with Gasteiger partial charge < -0.3 is 5.32 Å². The zero-order valence-electron chi connectivity index (χ0n) is 21.9. The van der Waals surface area contributed by atoms with Gasteiger partial charge in [0.15, 0.2) is 0 Å². The fourth-order valence-electron chi connectivity index (χ4n) is 4.10. The SMILES string of the molecule is C=C(CC(=O)NCCCCCCCCCC)[N+](C)(C)CCCCCCCCCCCC. The molecule has 0 bridgehead atoms. The molecular weight excluding hydrogens is 380 g/mol. The van der Waals surface area contributed by atoms with Gasteiger partial charge in [0.2, 0.25) is 5.91 Å². The van der Waals surface area contributed by atoms with Gasteiger partial charge in [-0.3, -0.25) is 9.28 Å². The Kier molecular flexibility index (Phi) is 20.5. The fraction of sp³-hybridized carbons (Fsp3) is 0.893. The smallest absolute Gasteiger partial charge is 0.229 e. The van der Waals surface area contributed by atoms with E-state index in [0.29, 0.717) is 6.42 Å². The number of rotatable bonds is 23. The third-order valence-corrected chi connectivity index (χ3v) is 6.64. The molecule has 0 saturated carbocycles. The number of hydrogen-bond acceptors (Lipinski definition) is 1. The van der Waals surface area contributed by atoms with E-state index < -0.39 is 0 Å². The number of amides is 1. The Bertz CT molecular complexity index is 431. The summed E-state index contributed by atoms with van der Waals surface area (Å²) in [6, 6.07) is 0. The molecule has 0 aromatic carbocycles. The third kappa shape index (κ3) is 19.6. The number of carbonyl (C=O) groups excluding carboxylic acids is 1. The van der Waals surface area contributed by atoms with Crippen LogP contribution in [0.3, 0.4) is 0 Å². The van der Waals surface area contributed by atoms with Crippen LogP contribution in [0.1, 0.15) is 136 Å². The van der Waals surface area contributed by atoms with Crippen molar-refractivity contribution in [3.05, 3.63) is 12.3 Å². The Hall–Kier alpha value is -0.830. The summed E-state index contributed by atoms with van der Waals surface area (Å²) in [4.78, 5) is 12.3. The normalized spacial score (nSPS) is 11.6. The summed E-state index contributed by atoms with van der Waals surface area (Å²) < 4.78 is 0.766. The van der Waals surface area contributed by atoms with Crippen LogP contribution in [-0.4, -0.2) is 37.6 Å². The number of nitrogens with zero attached hydrogens (tertiary/aromatic N) is 1. The summed E-state index contributed by atoms with van der Waals surface area (Å²) in [5.41, 5.74) is 1.03. The molecule has 0 aliphatic carbocycles. The van der Waals surface area contributed by atoms with Crippen LogP contribution in [0.25, 0.3) is 0 Å². The van der Waals surface area contributed by atoms with E-state index in [1.54, 1.807) is 0 Å². The molecule has 0 spiro atoms. The van der Waals surface area contributed by atoms with E-state index >= 15 is 0 Å². The predicted octanol–water partition coefficient (Wildman–Crippen LogP) is 8.14. The fourth-order valence-corrected chi connectivity index (χ4v) is 4.10. The molecule has 0 rings (SSSR count). The maximum atomic E-state index is 12.3. The lowest BCUT2D eigenvalue weighted by Crippen LogP contribution is -2.41. The molecule has 184 valence electrons. The predicted molar refractivity (Wildman–Crippen MR) is 138 cm³/mol. The monoisotopic (exact) mass is 437 g/mol. The van der Waals surface area contributed by atoms with Gasteiger partial charge in [0.25, 0.3) is 0 Å². The zero-order chi connectivity index (χ0) is 23.2. The van der Waals surface area contributed by atoms with Gasteiger partial charge in [0, 0.05) is 6.54 Å². The summed E-state index contributed by atoms with van der Waals surface area (Å²) in [5.74, 6) is 0.141. The molecule has 0 saturated heterocycles. The molecule has 0 aliphatic heterocycles. The number of carbonyl (C=O) groups is 1. The standard InChI is InChI=1S/C28H56N2O/c1-6-8-10-12-14-16-17-19-21-23-25-30(4,5)27(3)26-28(31)29-24-22-20-18-15-13-11-9-7-2/h3,6-26H2,1-2,4-5H3/p+1. The summed E-state index contributed by atoms with van der Waals surface area (Å²) in [7, 11) is 4.39. The van der Waals surface area contributed by atoms with Crippen molar-refractivity contribution >= 4 is 5.91 Å². The van der Waals surface area contributed by atoms with Crippen LogP contribution < -0.4 is 5.32 Å². The highest BCUT2D eigenvalue weighted by Crippen LogP contribution is 2.17. The second kappa shape index (κ2) is 21.0. The Morgan fingerprint density at radius 2 is 1.03 bits per heavy atom. The molecule has 0 radical (unpaired) electrons. The molecule has 1 amide bonds. The van der Waals surface area contributed by atoms with Crippen molar-refractivity contribution in [2.24, 2.45) is 0 Å². The highest BCUT2D eigenvalue weighted by molar-refractivity contribution is 5.77. The first kappa shape index (κ1) is 30.2. The molecule has 0 aromatic heterocycles. The Labute approximate surface area is 196 Å². The van der Waals surface area contributed by atoms with E-state index in [-0.39, 0.29) is 5.91 Å². The lowest BCUT2D eigenvalue weighted by molar-refractivity contribution is -0.853. The lowest BCUT2D eigenvalue weighted by atomic mass is 10.1. The van der Waals surface area contributed by atoms with Crippen molar-refractivity contribution < 1.29 is 9.28 Å². The number of unbranched alkanes of at least 4 members (excludes halogenated alkanes) is 16. The van der Waals surface area contributed by atoms with Crippen LogP contribution in [-0.2, 0) is 4.79 Å². The van der Waals surface area contributed by atoms with E-state index in [9.17, 15) is 4.79 Å². The highest BCUT2D eigenvalue weighted by Gasteiger charge is 2.22. The Balaban J connectivity index is 3.67. The minimum absolute atomic E-state index is 0.141. The molecule has 0 fully saturated rings. The van der Waals surface area contributed by atoms with Crippen molar-refractivity contribution in [3.63, 3.8) is 0 Å². The van der Waals surface area contributed by atoms with Gasteiger partial charge in [-0.15, -0.1) is 0 Å². The van der Waals surface area contributed by atoms with Gasteiger partial charge in [-0.05, 0) is 25.8 Å². The van der Waals surface area contributed by atoms with Crippen molar-refractivity contribution in [1.29, 1.82) is 0 Å². The van der Waals surface area contributed by atoms with Crippen molar-refractivity contribution in [2.45, 2.75) is 136 Å². The molecule has 0 heterocycles. The molecule has 3 nitrogen and oxygen atoms in total. The van der Waals surface area contributed by atoms with E-state index in [1.807, 2.05) is 0 Å². The average molecular weight is 438 g/mol. The summed E-state index contributed by atoms with van der Waals surface area (Å²) in [6.45, 7) is 10.7. The van der Waals surface area contributed by atoms with Crippen LogP contribution in [0, 0.1) is 0 Å². The first-order valence-corrected chi connectivity index (χ1v) is 13.7. The van der Waals surface area contributed by atoms with Gasteiger partial charge >= 0.3 is 0 Å². The molecular formula is C28H57N2O+. The summed E-state index contributed by atoms with van der Waals surface area (Å²) >= 11 is 0. The summed E-state index contributed by atoms with van der Waals surface area (Å²) in [6.07, 6.45) is 24.5. The number of quaternary nitrogens is 1. The number of nitrogens with one attached hydrogen (secondary N) is 1. The van der Waals surface area contributed by atoms with Crippen LogP contribution in [0.2, 0.25) is 0 Å². The van der Waals surface area contributed by atoms with Crippen LogP contribution in [0.4, 0.5) is 0 Å². The maximum Gasteiger partial charge on any atom is 0.229 e. The molecule has 0 aromatic rings. The zero-order valence-corrected chi connectivity index (χ0v) is 21.9. The van der Waals surface area contributed by atoms with E-state index in [2.05, 4.69) is 39.8 Å². The van der Waals surface area contributed by atoms with E-state index in [4.69, 9.17) is 0 Å². The third-order valence-electron chi connectivity index (χ3n) is 6.64. The Morgan fingerprint density at radius 3 is 1.48 bits per heavy atom. The first-order valence-electron chi connectivity index (χ1n) is 13.7. The Morgan fingerprint density at radius 1 is 0.645 bits per heavy atom. The van der Waals surface area contributed by atoms with Crippen molar-refractivity contribution in [2.75, 3.05) is 27.2 Å². The molecule has 31 heavy (non-hydrogen) atoms. The second-order valence-electron chi connectivity index (χ2n) is 10.2. The molecule has 0 atom stereocenters. The van der Waals surface area contributed by atoms with Gasteiger partial charge in [-0.2, -0.15) is 0 Å². The van der Waals surface area contributed by atoms with E-state index in [1.165, 1.54) is 109 Å². The quantitative estimate of drug-likeness (QED) is 0.127. The molecule has 3 heteroatoms. The van der Waals surface area contributed by atoms with Crippen molar-refractivity contribution in [1.82, 2.24) is 5.32 Å². The first-order chi connectivity index (χ1) is 14.9. The van der Waals surface area contributed by atoms with Gasteiger partial charge in [0.1, 0.15) is 12.1 Å². The maximum absolute atomic E-state index is 12.3. The van der Waals surface area contributed by atoms with Crippen LogP contribution in [0.15, 0.2) is 12.3 Å². The van der Waals surface area contributed by atoms with Gasteiger partial charge in [-0.25, -0.2) is 0 Å². The van der Waals surface area contributed by atoms with Gasteiger partial charge in [0.05, 0.1) is 20.6 Å². The molecule has 0 unspecified atom stereocenters. The van der Waals surface area contributed by atoms with Crippen molar-refractivity contribution in [3.8, 4) is 0 Å². The second-order valence-corrected chi connectivity index (χ2v) is 10.2. The minimum atomic E-state index is 0.141. The van der Waals surface area contributed by atoms with Crippen LogP contribution >= 0.6 is 0 Å². The van der Waals surface area contributed by atoms with Crippen LogP contribution in [0.5, 0.6) is 0 Å². The topological polar surface area (TPSA) is 29.1 Å². The molecule has 1 N–H and O–H groups in total. The minimum Gasteiger partial charge on any atom is -0.356 e. The molecule has 0 aliphatic rings. The lowest BCUT2D eigenvalue weighted by Gasteiger charge is -2.31. The average Bonchev–Trinajstić information content (AvgIpc) is 2.73. The summed E-state index contributed by atoms with van der Waals surface area (Å²) in [5, 5.41) is 3.10.